The van der Waals surface area contributed by atoms with Crippen molar-refractivity contribution < 1.29 is 8.78 Å². The molecular formula is C17H22F2. The molecule has 1 aromatic carbocycles. The summed E-state index contributed by atoms with van der Waals surface area (Å²) in [6.07, 6.45) is 8.97. The Kier molecular flexibility index (Phi) is 5.12. The van der Waals surface area contributed by atoms with E-state index in [-0.39, 0.29) is 5.56 Å². The molecule has 2 heteroatoms. The fourth-order valence-electron chi connectivity index (χ4n) is 3.06. The molecular weight excluding hydrogens is 242 g/mol. The molecule has 0 saturated heterocycles. The van der Waals surface area contributed by atoms with E-state index in [4.69, 9.17) is 0 Å². The van der Waals surface area contributed by atoms with Gasteiger partial charge in [-0.25, -0.2) is 8.78 Å². The van der Waals surface area contributed by atoms with Crippen molar-refractivity contribution in [3.05, 3.63) is 47.8 Å². The SMILES string of the molecule is C=CCCC1CCC(c2ccc(CF)c(F)c2)CC1. The highest BCUT2D eigenvalue weighted by molar-refractivity contribution is 5.27. The summed E-state index contributed by atoms with van der Waals surface area (Å²) in [5.41, 5.74) is 1.21. The van der Waals surface area contributed by atoms with Crippen molar-refractivity contribution in [2.24, 2.45) is 5.92 Å². The molecule has 0 unspecified atom stereocenters. The summed E-state index contributed by atoms with van der Waals surface area (Å²) < 4.78 is 26.1. The Morgan fingerprint density at radius 3 is 2.53 bits per heavy atom. The van der Waals surface area contributed by atoms with Crippen LogP contribution in [0.1, 0.15) is 55.6 Å². The number of hydrogen-bond acceptors (Lipinski definition) is 0. The molecule has 0 radical (unpaired) electrons. The molecule has 0 atom stereocenters. The Balaban J connectivity index is 1.94. The monoisotopic (exact) mass is 264 g/mol. The van der Waals surface area contributed by atoms with Crippen molar-refractivity contribution in [2.45, 2.75) is 51.1 Å². The number of rotatable bonds is 5. The second-order valence-corrected chi connectivity index (χ2v) is 5.57. The average molecular weight is 264 g/mol. The Labute approximate surface area is 114 Å². The van der Waals surface area contributed by atoms with Crippen LogP contribution in [0.5, 0.6) is 0 Å². The van der Waals surface area contributed by atoms with Crippen LogP contribution in [0.3, 0.4) is 0 Å². The van der Waals surface area contributed by atoms with Gasteiger partial charge in [0.1, 0.15) is 12.5 Å². The van der Waals surface area contributed by atoms with Gasteiger partial charge >= 0.3 is 0 Å². The second kappa shape index (κ2) is 6.83. The lowest BCUT2D eigenvalue weighted by Crippen LogP contribution is -2.13. The third-order valence-corrected chi connectivity index (χ3v) is 4.32. The van der Waals surface area contributed by atoms with Gasteiger partial charge in [-0.3, -0.25) is 0 Å². The highest BCUT2D eigenvalue weighted by Gasteiger charge is 2.22. The number of benzene rings is 1. The van der Waals surface area contributed by atoms with Gasteiger partial charge < -0.3 is 0 Å². The Morgan fingerprint density at radius 1 is 1.21 bits per heavy atom. The number of alkyl halides is 1. The van der Waals surface area contributed by atoms with Crippen molar-refractivity contribution in [3.8, 4) is 0 Å². The highest BCUT2D eigenvalue weighted by Crippen LogP contribution is 2.37. The second-order valence-electron chi connectivity index (χ2n) is 5.57. The molecule has 104 valence electrons. The van der Waals surface area contributed by atoms with Crippen molar-refractivity contribution in [3.63, 3.8) is 0 Å². The quantitative estimate of drug-likeness (QED) is 0.613. The Hall–Kier alpha value is -1.18. The molecule has 19 heavy (non-hydrogen) atoms. The van der Waals surface area contributed by atoms with Crippen molar-refractivity contribution in [2.75, 3.05) is 0 Å². The van der Waals surface area contributed by atoms with Crippen LogP contribution < -0.4 is 0 Å². The summed E-state index contributed by atoms with van der Waals surface area (Å²) in [4.78, 5) is 0. The van der Waals surface area contributed by atoms with Gasteiger partial charge in [0.15, 0.2) is 0 Å². The molecule has 0 spiro atoms. The van der Waals surface area contributed by atoms with E-state index in [0.717, 1.165) is 30.7 Å². The first-order chi connectivity index (χ1) is 9.24. The van der Waals surface area contributed by atoms with E-state index in [1.807, 2.05) is 12.1 Å². The molecule has 2 rings (SSSR count). The van der Waals surface area contributed by atoms with Crippen molar-refractivity contribution in [1.29, 1.82) is 0 Å². The van der Waals surface area contributed by atoms with Crippen LogP contribution in [-0.2, 0) is 6.67 Å². The zero-order valence-electron chi connectivity index (χ0n) is 11.4. The van der Waals surface area contributed by atoms with Crippen LogP contribution in [0.4, 0.5) is 8.78 Å². The van der Waals surface area contributed by atoms with E-state index < -0.39 is 12.5 Å². The van der Waals surface area contributed by atoms with Gasteiger partial charge in [-0.05, 0) is 62.0 Å². The van der Waals surface area contributed by atoms with E-state index in [0.29, 0.717) is 5.92 Å². The van der Waals surface area contributed by atoms with Gasteiger partial charge in [0.25, 0.3) is 0 Å². The molecule has 1 aliphatic rings. The fraction of sp³-hybridized carbons (Fsp3) is 0.529. The van der Waals surface area contributed by atoms with Crippen LogP contribution in [0.15, 0.2) is 30.9 Å². The van der Waals surface area contributed by atoms with Gasteiger partial charge in [0.2, 0.25) is 0 Å². The summed E-state index contributed by atoms with van der Waals surface area (Å²) in [6.45, 7) is 3.04. The fourth-order valence-corrected chi connectivity index (χ4v) is 3.06. The van der Waals surface area contributed by atoms with Crippen LogP contribution in [0.25, 0.3) is 0 Å². The van der Waals surface area contributed by atoms with Crippen molar-refractivity contribution in [1.82, 2.24) is 0 Å². The maximum Gasteiger partial charge on any atom is 0.129 e. The first-order valence-corrected chi connectivity index (χ1v) is 7.19. The molecule has 0 aromatic heterocycles. The molecule has 0 heterocycles. The minimum Gasteiger partial charge on any atom is -0.246 e. The molecule has 0 N–H and O–H groups in total. The zero-order valence-corrected chi connectivity index (χ0v) is 11.4. The summed E-state index contributed by atoms with van der Waals surface area (Å²) in [5.74, 6) is 0.848. The molecule has 0 amide bonds. The maximum atomic E-state index is 13.6. The largest absolute Gasteiger partial charge is 0.246 e. The standard InChI is InChI=1S/C17H22F2/c1-2-3-4-13-5-7-14(8-6-13)15-9-10-16(12-18)17(19)11-15/h2,9-11,13-14H,1,3-8,12H2. The topological polar surface area (TPSA) is 0 Å². The summed E-state index contributed by atoms with van der Waals surface area (Å²) in [7, 11) is 0. The predicted molar refractivity (Wildman–Crippen MR) is 75.3 cm³/mol. The van der Waals surface area contributed by atoms with Gasteiger partial charge in [-0.15, -0.1) is 6.58 Å². The van der Waals surface area contributed by atoms with E-state index in [1.54, 1.807) is 6.07 Å². The predicted octanol–water partition coefficient (Wildman–Crippen LogP) is 5.54. The highest BCUT2D eigenvalue weighted by atomic mass is 19.1. The maximum absolute atomic E-state index is 13.6. The Morgan fingerprint density at radius 2 is 1.95 bits per heavy atom. The normalized spacial score (nSPS) is 23.3. The molecule has 0 nitrogen and oxygen atoms in total. The average Bonchev–Trinajstić information content (AvgIpc) is 2.45. The van der Waals surface area contributed by atoms with E-state index in [2.05, 4.69) is 6.58 Å². The lowest BCUT2D eigenvalue weighted by atomic mass is 9.77. The molecule has 1 aromatic rings. The number of allylic oxidation sites excluding steroid dienone is 1. The molecule has 1 fully saturated rings. The lowest BCUT2D eigenvalue weighted by Gasteiger charge is -2.28. The number of halogens is 2. The molecule has 0 aliphatic heterocycles. The van der Waals surface area contributed by atoms with Gasteiger partial charge in [0.05, 0.1) is 0 Å². The minimum atomic E-state index is -0.722. The minimum absolute atomic E-state index is 0.170. The lowest BCUT2D eigenvalue weighted by molar-refractivity contribution is 0.311. The third kappa shape index (κ3) is 3.65. The molecule has 1 saturated carbocycles. The van der Waals surface area contributed by atoms with Crippen LogP contribution in [-0.4, -0.2) is 0 Å². The molecule has 1 aliphatic carbocycles. The van der Waals surface area contributed by atoms with Gasteiger partial charge in [-0.2, -0.15) is 0 Å². The summed E-state index contributed by atoms with van der Waals surface area (Å²) in [5, 5.41) is 0. The van der Waals surface area contributed by atoms with Gasteiger partial charge in [0, 0.05) is 5.56 Å². The first kappa shape index (κ1) is 14.2. The van der Waals surface area contributed by atoms with E-state index in [1.165, 1.54) is 25.3 Å². The smallest absolute Gasteiger partial charge is 0.129 e. The van der Waals surface area contributed by atoms with Crippen LogP contribution >= 0.6 is 0 Å². The van der Waals surface area contributed by atoms with E-state index in [9.17, 15) is 8.78 Å². The van der Waals surface area contributed by atoms with Crippen LogP contribution in [0, 0.1) is 11.7 Å². The summed E-state index contributed by atoms with van der Waals surface area (Å²) >= 11 is 0. The third-order valence-electron chi connectivity index (χ3n) is 4.32. The Bertz CT molecular complexity index is 417. The molecule has 0 bridgehead atoms. The zero-order chi connectivity index (χ0) is 13.7. The van der Waals surface area contributed by atoms with Crippen LogP contribution in [0.2, 0.25) is 0 Å². The van der Waals surface area contributed by atoms with Gasteiger partial charge in [-0.1, -0.05) is 18.2 Å². The number of hydrogen-bond donors (Lipinski definition) is 0. The van der Waals surface area contributed by atoms with E-state index >= 15 is 0 Å². The first-order valence-electron chi connectivity index (χ1n) is 7.19. The summed E-state index contributed by atoms with van der Waals surface area (Å²) in [6, 6.07) is 5.02. The van der Waals surface area contributed by atoms with Crippen molar-refractivity contribution >= 4 is 0 Å².